The van der Waals surface area contributed by atoms with Crippen molar-refractivity contribution >= 4 is 15.9 Å². The fraction of sp³-hybridized carbons (Fsp3) is 0.750. The highest BCUT2D eigenvalue weighted by atomic mass is 32.2. The average molecular weight is 188 g/mol. The number of carbonyl (C=O) groups excluding carboxylic acids is 1. The van der Waals surface area contributed by atoms with E-state index in [9.17, 15) is 22.0 Å². The molecule has 0 amide bonds. The van der Waals surface area contributed by atoms with E-state index in [1.54, 1.807) is 0 Å². The van der Waals surface area contributed by atoms with Crippen LogP contribution in [0, 0.1) is 0 Å². The summed E-state index contributed by atoms with van der Waals surface area (Å²) in [6, 6.07) is 0. The van der Waals surface area contributed by atoms with Gasteiger partial charge >= 0.3 is 15.4 Å². The molecule has 0 bridgehead atoms. The maximum atomic E-state index is 12.3. The van der Waals surface area contributed by atoms with Gasteiger partial charge in [-0.3, -0.25) is 8.98 Å². The minimum absolute atomic E-state index is 0.469. The van der Waals surface area contributed by atoms with Gasteiger partial charge in [-0.15, -0.1) is 0 Å². The minimum atomic E-state index is -5.08. The molecule has 7 heteroatoms. The molecule has 0 aromatic heterocycles. The van der Waals surface area contributed by atoms with Gasteiger partial charge in [0.2, 0.25) is 5.78 Å². The SMILES string of the molecule is COS(=O)(=O)C(F)(F)C(C)=O. The van der Waals surface area contributed by atoms with Crippen molar-refractivity contribution in [1.29, 1.82) is 0 Å². The topological polar surface area (TPSA) is 60.4 Å². The van der Waals surface area contributed by atoms with Gasteiger partial charge in [-0.1, -0.05) is 0 Å². The Morgan fingerprint density at radius 2 is 1.82 bits per heavy atom. The second-order valence-electron chi connectivity index (χ2n) is 1.69. The Morgan fingerprint density at radius 1 is 1.45 bits per heavy atom. The second-order valence-corrected chi connectivity index (χ2v) is 3.45. The highest BCUT2D eigenvalue weighted by Gasteiger charge is 2.50. The van der Waals surface area contributed by atoms with Crippen molar-refractivity contribution in [3.05, 3.63) is 0 Å². The van der Waals surface area contributed by atoms with E-state index in [1.165, 1.54) is 0 Å². The van der Waals surface area contributed by atoms with Crippen molar-refractivity contribution in [2.75, 3.05) is 7.11 Å². The summed E-state index contributed by atoms with van der Waals surface area (Å²) < 4.78 is 48.5. The summed E-state index contributed by atoms with van der Waals surface area (Å²) >= 11 is 0. The van der Waals surface area contributed by atoms with E-state index in [2.05, 4.69) is 4.18 Å². The van der Waals surface area contributed by atoms with Crippen molar-refractivity contribution in [2.24, 2.45) is 0 Å². The van der Waals surface area contributed by atoms with Crippen molar-refractivity contribution in [3.63, 3.8) is 0 Å². The van der Waals surface area contributed by atoms with Crippen LogP contribution in [0.2, 0.25) is 0 Å². The van der Waals surface area contributed by atoms with Crippen molar-refractivity contribution < 1.29 is 26.2 Å². The maximum Gasteiger partial charge on any atom is 0.426 e. The first-order valence-electron chi connectivity index (χ1n) is 2.44. The summed E-state index contributed by atoms with van der Waals surface area (Å²) in [6.45, 7) is 0.469. The molecule has 0 rings (SSSR count). The third-order valence-corrected chi connectivity index (χ3v) is 2.30. The molecule has 11 heavy (non-hydrogen) atoms. The molecule has 4 nitrogen and oxygen atoms in total. The Kier molecular flexibility index (Phi) is 2.68. The third kappa shape index (κ3) is 1.72. The molecule has 0 saturated carbocycles. The van der Waals surface area contributed by atoms with E-state index in [0.717, 1.165) is 0 Å². The predicted molar refractivity (Wildman–Crippen MR) is 31.6 cm³/mol. The van der Waals surface area contributed by atoms with E-state index in [4.69, 9.17) is 0 Å². The minimum Gasteiger partial charge on any atom is -0.292 e. The maximum absolute atomic E-state index is 12.3. The summed E-state index contributed by atoms with van der Waals surface area (Å²) in [7, 11) is -4.52. The first-order chi connectivity index (χ1) is 4.75. The molecule has 0 spiro atoms. The monoisotopic (exact) mass is 188 g/mol. The zero-order chi connectivity index (χ0) is 9.28. The van der Waals surface area contributed by atoms with E-state index in [1.807, 2.05) is 0 Å². The molecular formula is C4H6F2O4S. The molecule has 0 heterocycles. The summed E-state index contributed by atoms with van der Waals surface area (Å²) in [4.78, 5) is 10.1. The number of hydrogen-bond acceptors (Lipinski definition) is 4. The Balaban J connectivity index is 5.01. The van der Waals surface area contributed by atoms with Gasteiger partial charge < -0.3 is 0 Å². The Morgan fingerprint density at radius 3 is 1.91 bits per heavy atom. The standard InChI is InChI=1S/C4H6F2O4S/c1-3(7)4(5,6)11(8,9)10-2/h1-2H3. The number of carbonyl (C=O) groups is 1. The Hall–Kier alpha value is -0.560. The van der Waals surface area contributed by atoms with Gasteiger partial charge in [0.1, 0.15) is 0 Å². The fourth-order valence-corrected chi connectivity index (χ4v) is 0.842. The summed E-state index contributed by atoms with van der Waals surface area (Å²) in [5.74, 6) is -1.76. The molecule has 0 aromatic rings. The quantitative estimate of drug-likeness (QED) is 0.591. The van der Waals surface area contributed by atoms with Crippen LogP contribution < -0.4 is 0 Å². The van der Waals surface area contributed by atoms with Crippen LogP contribution in [0.1, 0.15) is 6.92 Å². The highest BCUT2D eigenvalue weighted by Crippen LogP contribution is 2.23. The number of hydrogen-bond donors (Lipinski definition) is 0. The van der Waals surface area contributed by atoms with Crippen LogP contribution in [0.25, 0.3) is 0 Å². The van der Waals surface area contributed by atoms with Gasteiger partial charge in [0.05, 0.1) is 7.11 Å². The van der Waals surface area contributed by atoms with Gasteiger partial charge in [0, 0.05) is 6.92 Å². The molecule has 0 fully saturated rings. The first kappa shape index (κ1) is 10.4. The summed E-state index contributed by atoms with van der Waals surface area (Å²) in [5.41, 5.74) is 0. The lowest BCUT2D eigenvalue weighted by Gasteiger charge is -2.10. The predicted octanol–water partition coefficient (Wildman–Crippen LogP) is 0.144. The van der Waals surface area contributed by atoms with Crippen LogP contribution in [0.15, 0.2) is 0 Å². The van der Waals surface area contributed by atoms with Gasteiger partial charge in [0.25, 0.3) is 0 Å². The van der Waals surface area contributed by atoms with E-state index >= 15 is 0 Å². The zero-order valence-electron chi connectivity index (χ0n) is 5.80. The Labute approximate surface area is 62.3 Å². The third-order valence-electron chi connectivity index (χ3n) is 0.943. The van der Waals surface area contributed by atoms with Crippen molar-refractivity contribution in [3.8, 4) is 0 Å². The molecule has 0 aliphatic heterocycles. The average Bonchev–Trinajstić information content (AvgIpc) is 1.87. The van der Waals surface area contributed by atoms with Crippen LogP contribution in [-0.2, 0) is 19.1 Å². The van der Waals surface area contributed by atoms with E-state index < -0.39 is 21.2 Å². The van der Waals surface area contributed by atoms with Crippen LogP contribution in [-0.4, -0.2) is 26.6 Å². The smallest absolute Gasteiger partial charge is 0.292 e. The van der Waals surface area contributed by atoms with Crippen LogP contribution >= 0.6 is 0 Å². The molecule has 0 N–H and O–H groups in total. The highest BCUT2D eigenvalue weighted by molar-refractivity contribution is 7.88. The lowest BCUT2D eigenvalue weighted by Crippen LogP contribution is -2.36. The normalized spacial score (nSPS) is 13.1. The second kappa shape index (κ2) is 2.82. The number of Topliss-reactive ketones (excluding diaryl/α,β-unsaturated/α-hetero) is 1. The molecule has 0 radical (unpaired) electrons. The summed E-state index contributed by atoms with van der Waals surface area (Å²) in [6.07, 6.45) is 0. The molecular weight excluding hydrogens is 182 g/mol. The lowest BCUT2D eigenvalue weighted by molar-refractivity contribution is -0.131. The van der Waals surface area contributed by atoms with Crippen LogP contribution in [0.3, 0.4) is 0 Å². The van der Waals surface area contributed by atoms with Gasteiger partial charge in [-0.25, -0.2) is 0 Å². The first-order valence-corrected chi connectivity index (χ1v) is 3.85. The number of ketones is 1. The number of rotatable bonds is 3. The van der Waals surface area contributed by atoms with Gasteiger partial charge in [-0.2, -0.15) is 17.2 Å². The zero-order valence-corrected chi connectivity index (χ0v) is 6.61. The molecule has 0 atom stereocenters. The molecule has 0 saturated heterocycles. The Bertz CT molecular complexity index is 255. The van der Waals surface area contributed by atoms with Crippen molar-refractivity contribution in [2.45, 2.75) is 12.2 Å². The molecule has 0 aliphatic rings. The van der Waals surface area contributed by atoms with Crippen LogP contribution in [0.5, 0.6) is 0 Å². The van der Waals surface area contributed by atoms with E-state index in [-0.39, 0.29) is 0 Å². The summed E-state index contributed by atoms with van der Waals surface area (Å²) in [5, 5.41) is -4.44. The lowest BCUT2D eigenvalue weighted by atomic mass is 10.5. The van der Waals surface area contributed by atoms with Gasteiger partial charge in [-0.05, 0) is 0 Å². The largest absolute Gasteiger partial charge is 0.426 e. The van der Waals surface area contributed by atoms with Crippen molar-refractivity contribution in [1.82, 2.24) is 0 Å². The molecule has 0 unspecified atom stereocenters. The molecule has 66 valence electrons. The number of alkyl halides is 2. The molecule has 0 aromatic carbocycles. The fourth-order valence-electron chi connectivity index (χ4n) is 0.281. The number of halogens is 2. The van der Waals surface area contributed by atoms with Gasteiger partial charge in [0.15, 0.2) is 0 Å². The van der Waals surface area contributed by atoms with Crippen LogP contribution in [0.4, 0.5) is 8.78 Å². The molecule has 0 aliphatic carbocycles. The van der Waals surface area contributed by atoms with E-state index in [0.29, 0.717) is 14.0 Å².